The molecule has 0 amide bonds. The van der Waals surface area contributed by atoms with E-state index in [4.69, 9.17) is 0 Å². The Hall–Kier alpha value is -1.02. The van der Waals surface area contributed by atoms with Gasteiger partial charge in [-0.2, -0.15) is 0 Å². The summed E-state index contributed by atoms with van der Waals surface area (Å²) in [6, 6.07) is 9.34. The highest BCUT2D eigenvalue weighted by Crippen LogP contribution is 2.33. The highest BCUT2D eigenvalue weighted by Gasteiger charge is 2.29. The van der Waals surface area contributed by atoms with Gasteiger partial charge in [-0.15, -0.1) is 0 Å². The van der Waals surface area contributed by atoms with Crippen LogP contribution in [0.5, 0.6) is 0 Å². The molecule has 0 unspecified atom stereocenters. The minimum absolute atomic E-state index is 0.457. The first-order chi connectivity index (χ1) is 8.48. The summed E-state index contributed by atoms with van der Waals surface area (Å²) >= 11 is 0. The topological polar surface area (TPSA) is 15.3 Å². The Balaban J connectivity index is 2.12. The summed E-state index contributed by atoms with van der Waals surface area (Å²) in [6.07, 6.45) is 1.29. The van der Waals surface area contributed by atoms with Crippen LogP contribution in [0.2, 0.25) is 0 Å². The first kappa shape index (κ1) is 13.4. The van der Waals surface area contributed by atoms with Crippen LogP contribution in [-0.4, -0.2) is 19.1 Å². The van der Waals surface area contributed by atoms with Crippen molar-refractivity contribution in [2.45, 2.75) is 46.7 Å². The van der Waals surface area contributed by atoms with E-state index in [-0.39, 0.29) is 0 Å². The number of nitrogens with one attached hydrogen (secondary N) is 1. The van der Waals surface area contributed by atoms with Gasteiger partial charge in [0.05, 0.1) is 0 Å². The van der Waals surface area contributed by atoms with Gasteiger partial charge >= 0.3 is 0 Å². The maximum absolute atomic E-state index is 3.52. The van der Waals surface area contributed by atoms with E-state index in [0.717, 1.165) is 6.54 Å². The molecular formula is C16H26N2. The Morgan fingerprint density at radius 2 is 2.00 bits per heavy atom. The molecule has 1 aromatic rings. The molecule has 1 saturated heterocycles. The molecule has 0 bridgehead atoms. The molecule has 0 aromatic heterocycles. The molecule has 2 nitrogen and oxygen atoms in total. The van der Waals surface area contributed by atoms with Gasteiger partial charge in [-0.05, 0) is 23.5 Å². The van der Waals surface area contributed by atoms with Crippen LogP contribution in [-0.2, 0) is 6.54 Å². The predicted molar refractivity (Wildman–Crippen MR) is 79.0 cm³/mol. The SMILES string of the molecule is CC(C)NCc1ccccc1N1CCC(C)(C)C1. The van der Waals surface area contributed by atoms with Gasteiger partial charge < -0.3 is 10.2 Å². The van der Waals surface area contributed by atoms with Crippen molar-refractivity contribution in [3.8, 4) is 0 Å². The lowest BCUT2D eigenvalue weighted by atomic mass is 9.93. The number of hydrogen-bond acceptors (Lipinski definition) is 2. The molecule has 2 heteroatoms. The van der Waals surface area contributed by atoms with Gasteiger partial charge in [-0.1, -0.05) is 45.9 Å². The van der Waals surface area contributed by atoms with Crippen LogP contribution in [0.25, 0.3) is 0 Å². The normalized spacial score (nSPS) is 18.6. The summed E-state index contributed by atoms with van der Waals surface area (Å²) in [4.78, 5) is 2.54. The minimum atomic E-state index is 0.457. The average Bonchev–Trinajstić information content (AvgIpc) is 2.67. The van der Waals surface area contributed by atoms with Crippen molar-refractivity contribution >= 4 is 5.69 Å². The van der Waals surface area contributed by atoms with Gasteiger partial charge in [0.25, 0.3) is 0 Å². The van der Waals surface area contributed by atoms with Crippen molar-refractivity contribution in [2.24, 2.45) is 5.41 Å². The summed E-state index contributed by atoms with van der Waals surface area (Å²) in [6.45, 7) is 12.4. The molecule has 1 heterocycles. The zero-order valence-corrected chi connectivity index (χ0v) is 12.2. The van der Waals surface area contributed by atoms with Crippen molar-refractivity contribution in [1.82, 2.24) is 5.32 Å². The maximum atomic E-state index is 3.52. The van der Waals surface area contributed by atoms with Crippen LogP contribution in [0.1, 0.15) is 39.7 Å². The molecule has 100 valence electrons. The molecule has 1 aliphatic rings. The third-order valence-corrected chi connectivity index (χ3v) is 3.71. The largest absolute Gasteiger partial charge is 0.371 e. The molecule has 0 atom stereocenters. The Morgan fingerprint density at radius 1 is 1.28 bits per heavy atom. The van der Waals surface area contributed by atoms with E-state index in [0.29, 0.717) is 11.5 Å². The zero-order valence-electron chi connectivity index (χ0n) is 12.2. The molecule has 1 N–H and O–H groups in total. The van der Waals surface area contributed by atoms with Crippen LogP contribution in [0.15, 0.2) is 24.3 Å². The number of para-hydroxylation sites is 1. The fraction of sp³-hybridized carbons (Fsp3) is 0.625. The minimum Gasteiger partial charge on any atom is -0.371 e. The van der Waals surface area contributed by atoms with Crippen molar-refractivity contribution in [2.75, 3.05) is 18.0 Å². The summed E-state index contributed by atoms with van der Waals surface area (Å²) < 4.78 is 0. The monoisotopic (exact) mass is 246 g/mol. The van der Waals surface area contributed by atoms with Crippen molar-refractivity contribution < 1.29 is 0 Å². The smallest absolute Gasteiger partial charge is 0.0412 e. The first-order valence-corrected chi connectivity index (χ1v) is 7.04. The molecule has 0 saturated carbocycles. The second kappa shape index (κ2) is 5.31. The molecule has 0 radical (unpaired) electrons. The first-order valence-electron chi connectivity index (χ1n) is 7.04. The van der Waals surface area contributed by atoms with E-state index in [1.54, 1.807) is 0 Å². The van der Waals surface area contributed by atoms with Crippen molar-refractivity contribution in [1.29, 1.82) is 0 Å². The van der Waals surface area contributed by atoms with Crippen LogP contribution < -0.4 is 10.2 Å². The zero-order chi connectivity index (χ0) is 13.2. The van der Waals surface area contributed by atoms with Crippen LogP contribution >= 0.6 is 0 Å². The Kier molecular flexibility index (Phi) is 3.96. The van der Waals surface area contributed by atoms with Gasteiger partial charge in [-0.25, -0.2) is 0 Å². The lowest BCUT2D eigenvalue weighted by molar-refractivity contribution is 0.418. The van der Waals surface area contributed by atoms with Gasteiger partial charge in [0.15, 0.2) is 0 Å². The summed E-state index contributed by atoms with van der Waals surface area (Å²) in [5.41, 5.74) is 3.29. The molecule has 0 aliphatic carbocycles. The van der Waals surface area contributed by atoms with E-state index < -0.39 is 0 Å². The second-order valence-corrected chi connectivity index (χ2v) is 6.50. The predicted octanol–water partition coefficient (Wildman–Crippen LogP) is 3.42. The van der Waals surface area contributed by atoms with Gasteiger partial charge in [-0.3, -0.25) is 0 Å². The summed E-state index contributed by atoms with van der Waals surface area (Å²) in [5.74, 6) is 0. The van der Waals surface area contributed by atoms with Gasteiger partial charge in [0, 0.05) is 31.4 Å². The Bertz CT molecular complexity index is 396. The summed E-state index contributed by atoms with van der Waals surface area (Å²) in [5, 5.41) is 3.52. The van der Waals surface area contributed by atoms with Crippen LogP contribution in [0, 0.1) is 5.41 Å². The van der Waals surface area contributed by atoms with E-state index in [9.17, 15) is 0 Å². The van der Waals surface area contributed by atoms with E-state index in [1.165, 1.54) is 30.8 Å². The fourth-order valence-corrected chi connectivity index (χ4v) is 2.60. The average molecular weight is 246 g/mol. The lowest BCUT2D eigenvalue weighted by Crippen LogP contribution is -2.26. The van der Waals surface area contributed by atoms with Crippen LogP contribution in [0.4, 0.5) is 5.69 Å². The van der Waals surface area contributed by atoms with E-state index in [1.807, 2.05) is 0 Å². The van der Waals surface area contributed by atoms with Crippen molar-refractivity contribution in [3.05, 3.63) is 29.8 Å². The number of rotatable bonds is 4. The number of hydrogen-bond donors (Lipinski definition) is 1. The number of nitrogens with zero attached hydrogens (tertiary/aromatic N) is 1. The van der Waals surface area contributed by atoms with E-state index in [2.05, 4.69) is 62.2 Å². The second-order valence-electron chi connectivity index (χ2n) is 6.50. The molecule has 18 heavy (non-hydrogen) atoms. The van der Waals surface area contributed by atoms with Gasteiger partial charge in [0.1, 0.15) is 0 Å². The molecule has 0 spiro atoms. The highest BCUT2D eigenvalue weighted by atomic mass is 15.2. The van der Waals surface area contributed by atoms with E-state index >= 15 is 0 Å². The Labute approximate surface area is 111 Å². The highest BCUT2D eigenvalue weighted by molar-refractivity contribution is 5.54. The van der Waals surface area contributed by atoms with Crippen molar-refractivity contribution in [3.63, 3.8) is 0 Å². The molecule has 1 fully saturated rings. The van der Waals surface area contributed by atoms with Gasteiger partial charge in [0.2, 0.25) is 0 Å². The molecule has 1 aliphatic heterocycles. The molecule has 1 aromatic carbocycles. The maximum Gasteiger partial charge on any atom is 0.0412 e. The quantitative estimate of drug-likeness (QED) is 0.875. The fourth-order valence-electron chi connectivity index (χ4n) is 2.60. The third kappa shape index (κ3) is 3.26. The number of anilines is 1. The third-order valence-electron chi connectivity index (χ3n) is 3.71. The standard InChI is InChI=1S/C16H26N2/c1-13(2)17-11-14-7-5-6-8-15(14)18-10-9-16(3,4)12-18/h5-8,13,17H,9-12H2,1-4H3. The Morgan fingerprint density at radius 3 is 2.61 bits per heavy atom. The number of benzene rings is 1. The molecule has 2 rings (SSSR count). The van der Waals surface area contributed by atoms with Crippen LogP contribution in [0.3, 0.4) is 0 Å². The molecular weight excluding hydrogens is 220 g/mol. The summed E-state index contributed by atoms with van der Waals surface area (Å²) in [7, 11) is 0. The lowest BCUT2D eigenvalue weighted by Gasteiger charge is -2.24.